The highest BCUT2D eigenvalue weighted by atomic mass is 32.2. The smallest absolute Gasteiger partial charge is 0.117 e. The second-order valence-electron chi connectivity index (χ2n) is 4.15. The molecule has 0 bridgehead atoms. The van der Waals surface area contributed by atoms with E-state index < -0.39 is 0 Å². The van der Waals surface area contributed by atoms with Gasteiger partial charge in [-0.05, 0) is 23.8 Å². The Labute approximate surface area is 115 Å². The third kappa shape index (κ3) is 2.59. The molecule has 1 heterocycles. The second kappa shape index (κ2) is 5.38. The van der Waals surface area contributed by atoms with Gasteiger partial charge >= 0.3 is 0 Å². The Morgan fingerprint density at radius 3 is 2.53 bits per heavy atom. The van der Waals surface area contributed by atoms with E-state index in [1.165, 1.54) is 0 Å². The zero-order chi connectivity index (χ0) is 13.1. The van der Waals surface area contributed by atoms with Crippen LogP contribution in [0.5, 0.6) is 0 Å². The van der Waals surface area contributed by atoms with Crippen molar-refractivity contribution in [1.82, 2.24) is 9.97 Å². The molecular formula is C15H13N3S. The van der Waals surface area contributed by atoms with Crippen molar-refractivity contribution in [3.63, 3.8) is 0 Å². The molecule has 0 aliphatic carbocycles. The molecule has 3 aromatic rings. The minimum atomic E-state index is 0.571. The van der Waals surface area contributed by atoms with Crippen molar-refractivity contribution in [2.75, 3.05) is 0 Å². The van der Waals surface area contributed by atoms with E-state index in [0.29, 0.717) is 6.54 Å². The van der Waals surface area contributed by atoms with Crippen molar-refractivity contribution in [3.05, 3.63) is 60.4 Å². The normalized spacial score (nSPS) is 10.8. The zero-order valence-electron chi connectivity index (χ0n) is 10.3. The highest BCUT2D eigenvalue weighted by Crippen LogP contribution is 2.30. The number of fused-ring (bicyclic) bond motifs is 1. The van der Waals surface area contributed by atoms with Gasteiger partial charge in [0, 0.05) is 16.8 Å². The lowest BCUT2D eigenvalue weighted by Gasteiger charge is -2.05. The summed E-state index contributed by atoms with van der Waals surface area (Å²) in [4.78, 5) is 9.80. The maximum absolute atomic E-state index is 5.60. The number of para-hydroxylation sites is 1. The number of rotatable bonds is 3. The van der Waals surface area contributed by atoms with E-state index >= 15 is 0 Å². The lowest BCUT2D eigenvalue weighted by molar-refractivity contribution is 1.06. The Balaban J connectivity index is 1.96. The molecule has 0 spiro atoms. The van der Waals surface area contributed by atoms with Gasteiger partial charge in [-0.3, -0.25) is 0 Å². The number of hydrogen-bond donors (Lipinski definition) is 1. The number of nitrogens with zero attached hydrogens (tertiary/aromatic N) is 2. The number of hydrogen-bond acceptors (Lipinski definition) is 4. The molecule has 0 saturated carbocycles. The Kier molecular flexibility index (Phi) is 3.44. The first-order valence-electron chi connectivity index (χ1n) is 6.03. The van der Waals surface area contributed by atoms with Crippen molar-refractivity contribution in [1.29, 1.82) is 0 Å². The molecule has 0 radical (unpaired) electrons. The summed E-state index contributed by atoms with van der Waals surface area (Å²) in [6.45, 7) is 0.571. The van der Waals surface area contributed by atoms with Gasteiger partial charge in [-0.1, -0.05) is 42.1 Å². The summed E-state index contributed by atoms with van der Waals surface area (Å²) in [5.41, 5.74) is 7.71. The van der Waals surface area contributed by atoms with Crippen LogP contribution >= 0.6 is 11.8 Å². The van der Waals surface area contributed by atoms with Crippen LogP contribution in [0.3, 0.4) is 0 Å². The molecule has 94 valence electrons. The summed E-state index contributed by atoms with van der Waals surface area (Å²) in [6, 6.07) is 16.3. The highest BCUT2D eigenvalue weighted by molar-refractivity contribution is 7.99. The van der Waals surface area contributed by atoms with Gasteiger partial charge in [-0.2, -0.15) is 0 Å². The van der Waals surface area contributed by atoms with E-state index in [2.05, 4.69) is 22.1 Å². The third-order valence-corrected chi connectivity index (χ3v) is 3.91. The first-order chi connectivity index (χ1) is 9.36. The van der Waals surface area contributed by atoms with Gasteiger partial charge in [0.05, 0.1) is 5.52 Å². The van der Waals surface area contributed by atoms with Gasteiger partial charge in [-0.15, -0.1) is 0 Å². The average Bonchev–Trinajstić information content (AvgIpc) is 2.48. The quantitative estimate of drug-likeness (QED) is 0.740. The lowest BCUT2D eigenvalue weighted by Crippen LogP contribution is -1.95. The van der Waals surface area contributed by atoms with E-state index in [-0.39, 0.29) is 0 Å². The average molecular weight is 267 g/mol. The van der Waals surface area contributed by atoms with Crippen LogP contribution in [-0.4, -0.2) is 9.97 Å². The van der Waals surface area contributed by atoms with Gasteiger partial charge in [0.25, 0.3) is 0 Å². The predicted molar refractivity (Wildman–Crippen MR) is 78.0 cm³/mol. The van der Waals surface area contributed by atoms with Crippen LogP contribution in [0.1, 0.15) is 5.56 Å². The largest absolute Gasteiger partial charge is 0.326 e. The fourth-order valence-electron chi connectivity index (χ4n) is 1.87. The van der Waals surface area contributed by atoms with Crippen molar-refractivity contribution in [2.45, 2.75) is 16.5 Å². The third-order valence-electron chi connectivity index (χ3n) is 2.88. The summed E-state index contributed by atoms with van der Waals surface area (Å²) in [7, 11) is 0. The zero-order valence-corrected chi connectivity index (χ0v) is 11.1. The highest BCUT2D eigenvalue weighted by Gasteiger charge is 2.04. The summed E-state index contributed by atoms with van der Waals surface area (Å²) >= 11 is 1.64. The molecule has 2 N–H and O–H groups in total. The standard InChI is InChI=1S/C15H13N3S/c16-9-11-5-7-12(8-6-11)19-15-13-3-1-2-4-14(13)17-10-18-15/h1-8,10H,9,16H2. The van der Waals surface area contributed by atoms with E-state index in [4.69, 9.17) is 5.73 Å². The van der Waals surface area contributed by atoms with Crippen molar-refractivity contribution in [2.24, 2.45) is 5.73 Å². The molecule has 3 nitrogen and oxygen atoms in total. The number of benzene rings is 2. The van der Waals surface area contributed by atoms with E-state index in [9.17, 15) is 0 Å². The molecule has 0 saturated heterocycles. The van der Waals surface area contributed by atoms with Crippen molar-refractivity contribution < 1.29 is 0 Å². The number of nitrogens with two attached hydrogens (primary N) is 1. The predicted octanol–water partition coefficient (Wildman–Crippen LogP) is 3.24. The minimum absolute atomic E-state index is 0.571. The maximum Gasteiger partial charge on any atom is 0.117 e. The topological polar surface area (TPSA) is 51.8 Å². The van der Waals surface area contributed by atoms with Gasteiger partial charge in [-0.25, -0.2) is 9.97 Å². The summed E-state index contributed by atoms with van der Waals surface area (Å²) in [6.07, 6.45) is 1.61. The molecule has 0 amide bonds. The van der Waals surface area contributed by atoms with E-state index in [0.717, 1.165) is 26.4 Å². The van der Waals surface area contributed by atoms with Crippen LogP contribution in [0, 0.1) is 0 Å². The molecule has 3 rings (SSSR count). The van der Waals surface area contributed by atoms with Gasteiger partial charge in [0.15, 0.2) is 0 Å². The molecule has 0 fully saturated rings. The van der Waals surface area contributed by atoms with Crippen LogP contribution in [0.4, 0.5) is 0 Å². The van der Waals surface area contributed by atoms with Crippen LogP contribution in [0.25, 0.3) is 10.9 Å². The Hall–Kier alpha value is -1.91. The van der Waals surface area contributed by atoms with Crippen LogP contribution in [0.2, 0.25) is 0 Å². The summed E-state index contributed by atoms with van der Waals surface area (Å²) in [5, 5.41) is 2.06. The second-order valence-corrected chi connectivity index (χ2v) is 5.21. The summed E-state index contributed by atoms with van der Waals surface area (Å²) < 4.78 is 0. The molecule has 1 aromatic heterocycles. The molecule has 4 heteroatoms. The monoisotopic (exact) mass is 267 g/mol. The lowest BCUT2D eigenvalue weighted by atomic mass is 10.2. The first kappa shape index (κ1) is 12.1. The van der Waals surface area contributed by atoms with Gasteiger partial charge < -0.3 is 5.73 Å². The van der Waals surface area contributed by atoms with E-state index in [1.807, 2.05) is 36.4 Å². The van der Waals surface area contributed by atoms with Crippen LogP contribution in [-0.2, 0) is 6.54 Å². The number of aromatic nitrogens is 2. The Morgan fingerprint density at radius 2 is 1.74 bits per heavy atom. The molecule has 2 aromatic carbocycles. The van der Waals surface area contributed by atoms with Crippen molar-refractivity contribution in [3.8, 4) is 0 Å². The molecule has 19 heavy (non-hydrogen) atoms. The van der Waals surface area contributed by atoms with Crippen LogP contribution in [0.15, 0.2) is 64.8 Å². The molecule has 0 aliphatic rings. The maximum atomic E-state index is 5.60. The fraction of sp³-hybridized carbons (Fsp3) is 0.0667. The van der Waals surface area contributed by atoms with Gasteiger partial charge in [0.2, 0.25) is 0 Å². The van der Waals surface area contributed by atoms with E-state index in [1.54, 1.807) is 18.1 Å². The molecule has 0 aliphatic heterocycles. The SMILES string of the molecule is NCc1ccc(Sc2ncnc3ccccc23)cc1. The van der Waals surface area contributed by atoms with Gasteiger partial charge in [0.1, 0.15) is 11.4 Å². The molecule has 0 atom stereocenters. The summed E-state index contributed by atoms with van der Waals surface area (Å²) in [5.74, 6) is 0. The Bertz CT molecular complexity index is 690. The minimum Gasteiger partial charge on any atom is -0.326 e. The fourth-order valence-corrected chi connectivity index (χ4v) is 2.74. The van der Waals surface area contributed by atoms with Crippen molar-refractivity contribution >= 4 is 22.7 Å². The first-order valence-corrected chi connectivity index (χ1v) is 6.85. The molecular weight excluding hydrogens is 254 g/mol. The van der Waals surface area contributed by atoms with Crippen LogP contribution < -0.4 is 5.73 Å². The molecule has 0 unspecified atom stereocenters. The Morgan fingerprint density at radius 1 is 0.947 bits per heavy atom.